The normalized spacial score (nSPS) is 20.8. The van der Waals surface area contributed by atoms with Crippen LogP contribution in [-0.4, -0.2) is 21.4 Å². The maximum atomic E-state index is 5.85. The Bertz CT molecular complexity index is 667. The summed E-state index contributed by atoms with van der Waals surface area (Å²) in [5.74, 6) is 3.25. The molecule has 0 radical (unpaired) electrons. The Balaban J connectivity index is 1.50. The molecular formula is C18H24N4O. The van der Waals surface area contributed by atoms with Crippen molar-refractivity contribution < 1.29 is 4.74 Å². The van der Waals surface area contributed by atoms with E-state index in [1.807, 2.05) is 6.07 Å². The highest BCUT2D eigenvalue weighted by molar-refractivity contribution is 5.36. The van der Waals surface area contributed by atoms with E-state index in [-0.39, 0.29) is 0 Å². The average molecular weight is 312 g/mol. The van der Waals surface area contributed by atoms with Gasteiger partial charge in [-0.3, -0.25) is 0 Å². The van der Waals surface area contributed by atoms with Gasteiger partial charge in [-0.1, -0.05) is 24.6 Å². The molecule has 1 aromatic carbocycles. The number of ether oxygens (including phenoxy) is 1. The SMILES string of the molecule is c1ccc2c(c1)OCCC[C@@H]2NCc1nnc2n1CCCCC2. The van der Waals surface area contributed by atoms with Crippen molar-refractivity contribution in [3.05, 3.63) is 41.5 Å². The maximum Gasteiger partial charge on any atom is 0.147 e. The first-order valence-electron chi connectivity index (χ1n) is 8.78. The summed E-state index contributed by atoms with van der Waals surface area (Å²) in [6.07, 6.45) is 7.00. The largest absolute Gasteiger partial charge is 0.493 e. The molecule has 2 aliphatic heterocycles. The second-order valence-electron chi connectivity index (χ2n) is 6.46. The van der Waals surface area contributed by atoms with Gasteiger partial charge in [-0.15, -0.1) is 10.2 Å². The monoisotopic (exact) mass is 312 g/mol. The highest BCUT2D eigenvalue weighted by Gasteiger charge is 2.20. The Morgan fingerprint density at radius 3 is 3.09 bits per heavy atom. The molecule has 0 amide bonds. The lowest BCUT2D eigenvalue weighted by Crippen LogP contribution is -2.23. The third-order valence-corrected chi connectivity index (χ3v) is 4.88. The Labute approximate surface area is 137 Å². The molecule has 2 aliphatic rings. The van der Waals surface area contributed by atoms with Crippen LogP contribution in [0, 0.1) is 0 Å². The number of hydrogen-bond donors (Lipinski definition) is 1. The molecular weight excluding hydrogens is 288 g/mol. The number of aromatic nitrogens is 3. The molecule has 0 bridgehead atoms. The Morgan fingerprint density at radius 1 is 1.13 bits per heavy atom. The van der Waals surface area contributed by atoms with Crippen molar-refractivity contribution in [3.63, 3.8) is 0 Å². The van der Waals surface area contributed by atoms with Crippen LogP contribution in [0.3, 0.4) is 0 Å². The van der Waals surface area contributed by atoms with Gasteiger partial charge in [0.15, 0.2) is 0 Å². The van der Waals surface area contributed by atoms with Crippen molar-refractivity contribution in [1.82, 2.24) is 20.1 Å². The molecule has 122 valence electrons. The van der Waals surface area contributed by atoms with Gasteiger partial charge in [0, 0.05) is 24.6 Å². The molecule has 23 heavy (non-hydrogen) atoms. The van der Waals surface area contributed by atoms with E-state index in [1.54, 1.807) is 0 Å². The lowest BCUT2D eigenvalue weighted by atomic mass is 10.0. The van der Waals surface area contributed by atoms with E-state index in [0.717, 1.165) is 56.4 Å². The minimum absolute atomic E-state index is 0.326. The minimum atomic E-state index is 0.326. The molecule has 1 aromatic heterocycles. The van der Waals surface area contributed by atoms with E-state index in [0.29, 0.717) is 6.04 Å². The van der Waals surface area contributed by atoms with Gasteiger partial charge in [0.2, 0.25) is 0 Å². The third-order valence-electron chi connectivity index (χ3n) is 4.88. The van der Waals surface area contributed by atoms with Gasteiger partial charge >= 0.3 is 0 Å². The summed E-state index contributed by atoms with van der Waals surface area (Å²) in [6, 6.07) is 8.69. The number of nitrogens with zero attached hydrogens (tertiary/aromatic N) is 3. The van der Waals surface area contributed by atoms with Gasteiger partial charge in [-0.25, -0.2) is 0 Å². The van der Waals surface area contributed by atoms with Gasteiger partial charge in [0.05, 0.1) is 13.2 Å². The summed E-state index contributed by atoms with van der Waals surface area (Å²) in [5.41, 5.74) is 1.26. The van der Waals surface area contributed by atoms with Crippen LogP contribution in [0.15, 0.2) is 24.3 Å². The first-order valence-corrected chi connectivity index (χ1v) is 8.78. The van der Waals surface area contributed by atoms with Crippen LogP contribution in [0.2, 0.25) is 0 Å². The zero-order chi connectivity index (χ0) is 15.5. The first-order chi connectivity index (χ1) is 11.4. The summed E-state index contributed by atoms with van der Waals surface area (Å²) in [6.45, 7) is 2.63. The summed E-state index contributed by atoms with van der Waals surface area (Å²) in [7, 11) is 0. The molecule has 5 heteroatoms. The molecule has 1 N–H and O–H groups in total. The number of rotatable bonds is 3. The van der Waals surface area contributed by atoms with Crippen molar-refractivity contribution >= 4 is 0 Å². The van der Waals surface area contributed by atoms with Crippen molar-refractivity contribution in [3.8, 4) is 5.75 Å². The quantitative estimate of drug-likeness (QED) is 0.946. The summed E-state index contributed by atoms with van der Waals surface area (Å²) < 4.78 is 8.17. The fourth-order valence-corrected chi connectivity index (χ4v) is 3.63. The van der Waals surface area contributed by atoms with Gasteiger partial charge in [-0.05, 0) is 31.7 Å². The van der Waals surface area contributed by atoms with E-state index in [2.05, 4.69) is 38.3 Å². The maximum absolute atomic E-state index is 5.85. The van der Waals surface area contributed by atoms with Crippen LogP contribution in [0.25, 0.3) is 0 Å². The van der Waals surface area contributed by atoms with Crippen molar-refractivity contribution in [2.45, 2.75) is 57.7 Å². The minimum Gasteiger partial charge on any atom is -0.493 e. The molecule has 4 rings (SSSR count). The second kappa shape index (κ2) is 6.71. The fraction of sp³-hybridized carbons (Fsp3) is 0.556. The van der Waals surface area contributed by atoms with Crippen LogP contribution in [0.5, 0.6) is 5.75 Å². The highest BCUT2D eigenvalue weighted by atomic mass is 16.5. The van der Waals surface area contributed by atoms with Crippen molar-refractivity contribution in [2.75, 3.05) is 6.61 Å². The van der Waals surface area contributed by atoms with Gasteiger partial charge in [-0.2, -0.15) is 0 Å². The topological polar surface area (TPSA) is 52.0 Å². The van der Waals surface area contributed by atoms with Gasteiger partial charge < -0.3 is 14.6 Å². The number of benzene rings is 1. The van der Waals surface area contributed by atoms with Gasteiger partial charge in [0.25, 0.3) is 0 Å². The standard InChI is InChI=1S/C18H24N4O/c1-2-10-17-20-21-18(22(17)11-5-1)13-19-15-8-6-12-23-16-9-4-3-7-14(15)16/h3-4,7,9,15,19H,1-2,5-6,8,10-13H2/t15-/m0/s1. The molecule has 0 aliphatic carbocycles. The Kier molecular flexibility index (Phi) is 4.28. The van der Waals surface area contributed by atoms with Crippen LogP contribution < -0.4 is 10.1 Å². The van der Waals surface area contributed by atoms with Gasteiger partial charge in [0.1, 0.15) is 17.4 Å². The fourth-order valence-electron chi connectivity index (χ4n) is 3.63. The molecule has 0 saturated heterocycles. The van der Waals surface area contributed by atoms with E-state index in [1.165, 1.54) is 24.8 Å². The van der Waals surface area contributed by atoms with Crippen LogP contribution in [-0.2, 0) is 19.5 Å². The van der Waals surface area contributed by atoms with Crippen LogP contribution in [0.1, 0.15) is 55.4 Å². The number of fused-ring (bicyclic) bond motifs is 2. The van der Waals surface area contributed by atoms with E-state index < -0.39 is 0 Å². The van der Waals surface area contributed by atoms with E-state index >= 15 is 0 Å². The van der Waals surface area contributed by atoms with Crippen LogP contribution in [0.4, 0.5) is 0 Å². The van der Waals surface area contributed by atoms with E-state index in [9.17, 15) is 0 Å². The zero-order valence-corrected chi connectivity index (χ0v) is 13.5. The van der Waals surface area contributed by atoms with Crippen molar-refractivity contribution in [2.24, 2.45) is 0 Å². The molecule has 0 unspecified atom stereocenters. The zero-order valence-electron chi connectivity index (χ0n) is 13.5. The second-order valence-corrected chi connectivity index (χ2v) is 6.46. The number of aryl methyl sites for hydroxylation is 1. The summed E-state index contributed by atoms with van der Waals surface area (Å²) in [5, 5.41) is 12.5. The average Bonchev–Trinajstić information content (AvgIpc) is 2.77. The summed E-state index contributed by atoms with van der Waals surface area (Å²) >= 11 is 0. The number of nitrogens with one attached hydrogen (secondary N) is 1. The lowest BCUT2D eigenvalue weighted by molar-refractivity contribution is 0.315. The molecule has 2 aromatic rings. The predicted octanol–water partition coefficient (Wildman–Crippen LogP) is 3.01. The highest BCUT2D eigenvalue weighted by Crippen LogP contribution is 2.31. The molecule has 0 saturated carbocycles. The summed E-state index contributed by atoms with van der Waals surface area (Å²) in [4.78, 5) is 0. The van der Waals surface area contributed by atoms with Crippen molar-refractivity contribution in [1.29, 1.82) is 0 Å². The lowest BCUT2D eigenvalue weighted by Gasteiger charge is -2.18. The molecule has 1 atom stereocenters. The smallest absolute Gasteiger partial charge is 0.147 e. The molecule has 3 heterocycles. The molecule has 5 nitrogen and oxygen atoms in total. The third kappa shape index (κ3) is 3.11. The first kappa shape index (κ1) is 14.7. The Morgan fingerprint density at radius 2 is 2.09 bits per heavy atom. The predicted molar refractivity (Wildman–Crippen MR) is 88.3 cm³/mol. The number of hydrogen-bond acceptors (Lipinski definition) is 4. The molecule has 0 spiro atoms. The molecule has 0 fully saturated rings. The van der Waals surface area contributed by atoms with E-state index in [4.69, 9.17) is 4.74 Å². The van der Waals surface area contributed by atoms with Crippen LogP contribution >= 0.6 is 0 Å². The Hall–Kier alpha value is -1.88. The number of para-hydroxylation sites is 1.